The first-order valence-corrected chi connectivity index (χ1v) is 5.81. The van der Waals surface area contributed by atoms with Gasteiger partial charge in [-0.2, -0.15) is 0 Å². The van der Waals surface area contributed by atoms with E-state index in [9.17, 15) is 9.59 Å². The molecule has 2 saturated carbocycles. The molecule has 0 heterocycles. The Morgan fingerprint density at radius 3 is 1.84 bits per heavy atom. The summed E-state index contributed by atoms with van der Waals surface area (Å²) in [4.78, 5) is 22.2. The van der Waals surface area contributed by atoms with Crippen molar-refractivity contribution < 1.29 is 31.4 Å². The molecule has 0 atom stereocenters. The van der Waals surface area contributed by atoms with Crippen LogP contribution in [0.1, 0.15) is 13.3 Å². The van der Waals surface area contributed by atoms with Gasteiger partial charge in [-0.05, 0) is 64.7 Å². The summed E-state index contributed by atoms with van der Waals surface area (Å²) in [6.45, 7) is 2.03. The van der Waals surface area contributed by atoms with Crippen LogP contribution in [0.25, 0.3) is 0 Å². The normalized spacial score (nSPS) is 18.2. The number of rotatable bonds is 4. The molecule has 0 N–H and O–H groups in total. The second kappa shape index (κ2) is 11.5. The van der Waals surface area contributed by atoms with Crippen molar-refractivity contribution in [2.45, 2.75) is 13.3 Å². The summed E-state index contributed by atoms with van der Waals surface area (Å²) in [5.41, 5.74) is 0. The second-order valence-corrected chi connectivity index (χ2v) is 3.54. The maximum atomic E-state index is 11.3. The van der Waals surface area contributed by atoms with Crippen molar-refractivity contribution >= 4 is 11.8 Å². The zero-order valence-electron chi connectivity index (χ0n) is 10.7. The first kappa shape index (κ1) is 18.7. The molecule has 0 saturated heterocycles. The van der Waals surface area contributed by atoms with E-state index >= 15 is 0 Å². The van der Waals surface area contributed by atoms with E-state index in [0.717, 1.165) is 0 Å². The summed E-state index contributed by atoms with van der Waals surface area (Å²) in [6, 6.07) is 0. The van der Waals surface area contributed by atoms with Crippen molar-refractivity contribution in [3.8, 4) is 0 Å². The van der Waals surface area contributed by atoms with Gasteiger partial charge in [0.15, 0.2) is 5.78 Å². The van der Waals surface area contributed by atoms with Crippen molar-refractivity contribution in [2.75, 3.05) is 6.61 Å². The van der Waals surface area contributed by atoms with Crippen LogP contribution in [0.4, 0.5) is 0 Å². The molecule has 2 aliphatic rings. The zero-order chi connectivity index (χ0) is 13.2. The van der Waals surface area contributed by atoms with E-state index < -0.39 is 5.97 Å². The number of hydrogen-bond donors (Lipinski definition) is 0. The molecule has 0 aromatic heterocycles. The third kappa shape index (κ3) is 8.43. The van der Waals surface area contributed by atoms with Crippen LogP contribution in [0.5, 0.6) is 0 Å². The Hall–Kier alpha value is -0.341. The standard InChI is InChI=1S/C10H11O3.C5H5.Fe/c1-2-13-10(12)7-9(11)8-5-3-4-6-8;1-2-4-5-3-1;/h3-6H,2,7H2,1H3;1-5H;/q;;+2. The van der Waals surface area contributed by atoms with E-state index in [2.05, 4.69) is 4.74 Å². The second-order valence-electron chi connectivity index (χ2n) is 3.54. The van der Waals surface area contributed by atoms with Gasteiger partial charge in [0.05, 0.1) is 6.61 Å². The van der Waals surface area contributed by atoms with Crippen LogP contribution in [0.3, 0.4) is 0 Å². The third-order valence-electron chi connectivity index (χ3n) is 2.15. The molecule has 0 aromatic carbocycles. The van der Waals surface area contributed by atoms with Gasteiger partial charge in [-0.1, -0.05) is 0 Å². The summed E-state index contributed by atoms with van der Waals surface area (Å²) < 4.78 is 4.65. The van der Waals surface area contributed by atoms with Crippen molar-refractivity contribution in [2.24, 2.45) is 0 Å². The average Bonchev–Trinajstić information content (AvgIpc) is 3.06. The Bertz CT molecular complexity index is 249. The zero-order valence-corrected chi connectivity index (χ0v) is 11.8. The van der Waals surface area contributed by atoms with Crippen LogP contribution in [0.2, 0.25) is 0 Å². The fourth-order valence-corrected chi connectivity index (χ4v) is 1.33. The monoisotopic (exact) mass is 300 g/mol. The number of carbonyl (C=O) groups is 2. The Morgan fingerprint density at radius 1 is 0.947 bits per heavy atom. The Morgan fingerprint density at radius 2 is 1.42 bits per heavy atom. The van der Waals surface area contributed by atoms with E-state index in [1.54, 1.807) is 32.6 Å². The van der Waals surface area contributed by atoms with Crippen LogP contribution in [0, 0.1) is 63.7 Å². The van der Waals surface area contributed by atoms with Gasteiger partial charge in [0.25, 0.3) is 0 Å². The Kier molecular flexibility index (Phi) is 11.3. The maximum absolute atomic E-state index is 11.3. The fourth-order valence-electron chi connectivity index (χ4n) is 1.33. The molecule has 0 bridgehead atoms. The van der Waals surface area contributed by atoms with Crippen LogP contribution >= 0.6 is 0 Å². The molecule has 0 aromatic rings. The minimum atomic E-state index is -0.464. The molecule has 100 valence electrons. The van der Waals surface area contributed by atoms with E-state index in [0.29, 0.717) is 12.5 Å². The predicted octanol–water partition coefficient (Wildman–Crippen LogP) is 1.93. The number of Topliss-reactive ketones (excluding diaryl/α,β-unsaturated/α-hetero) is 1. The molecule has 10 radical (unpaired) electrons. The number of ether oxygens (including phenoxy) is 1. The molecule has 2 rings (SSSR count). The van der Waals surface area contributed by atoms with E-state index in [1.165, 1.54) is 0 Å². The van der Waals surface area contributed by atoms with Gasteiger partial charge in [0, 0.05) is 5.92 Å². The maximum Gasteiger partial charge on any atom is 2.00 e. The van der Waals surface area contributed by atoms with Crippen LogP contribution < -0.4 is 0 Å². The van der Waals surface area contributed by atoms with Gasteiger partial charge in [-0.3, -0.25) is 9.59 Å². The first-order valence-electron chi connectivity index (χ1n) is 5.81. The van der Waals surface area contributed by atoms with Crippen molar-refractivity contribution in [3.05, 3.63) is 63.7 Å². The molecular weight excluding hydrogens is 284 g/mol. The van der Waals surface area contributed by atoms with Crippen LogP contribution in [-0.4, -0.2) is 18.4 Å². The van der Waals surface area contributed by atoms with E-state index in [1.807, 2.05) is 32.1 Å². The number of carbonyl (C=O) groups excluding carboxylic acids is 2. The van der Waals surface area contributed by atoms with Gasteiger partial charge < -0.3 is 4.74 Å². The molecule has 0 amide bonds. The smallest absolute Gasteiger partial charge is 0.466 e. The molecule has 0 spiro atoms. The summed E-state index contributed by atoms with van der Waals surface area (Å²) in [6.07, 6.45) is 16.7. The van der Waals surface area contributed by atoms with E-state index in [-0.39, 0.29) is 29.3 Å². The number of esters is 1. The van der Waals surface area contributed by atoms with Gasteiger partial charge >= 0.3 is 23.0 Å². The molecule has 19 heavy (non-hydrogen) atoms. The summed E-state index contributed by atoms with van der Waals surface area (Å²) in [5.74, 6) is -0.0924. The minimum absolute atomic E-state index is 0. The third-order valence-corrected chi connectivity index (χ3v) is 2.15. The molecule has 0 unspecified atom stereocenters. The number of hydrogen-bond acceptors (Lipinski definition) is 3. The van der Waals surface area contributed by atoms with E-state index in [4.69, 9.17) is 0 Å². The minimum Gasteiger partial charge on any atom is -0.466 e. The Balaban J connectivity index is 0.000000454. The van der Waals surface area contributed by atoms with Crippen LogP contribution in [0.15, 0.2) is 0 Å². The summed E-state index contributed by atoms with van der Waals surface area (Å²) in [5, 5.41) is 0. The van der Waals surface area contributed by atoms with Crippen molar-refractivity contribution in [3.63, 3.8) is 0 Å². The summed E-state index contributed by atoms with van der Waals surface area (Å²) in [7, 11) is 0. The fraction of sp³-hybridized carbons (Fsp3) is 0.200. The van der Waals surface area contributed by atoms with Gasteiger partial charge in [0.1, 0.15) is 6.42 Å². The first-order chi connectivity index (χ1) is 8.74. The average molecular weight is 300 g/mol. The molecule has 2 fully saturated rings. The molecular formula is C15H16FeO3+2. The summed E-state index contributed by atoms with van der Waals surface area (Å²) >= 11 is 0. The molecule has 2 aliphatic carbocycles. The topological polar surface area (TPSA) is 43.4 Å². The van der Waals surface area contributed by atoms with Gasteiger partial charge in [0.2, 0.25) is 0 Å². The molecule has 4 heteroatoms. The van der Waals surface area contributed by atoms with Gasteiger partial charge in [-0.25, -0.2) is 0 Å². The molecule has 3 nitrogen and oxygen atoms in total. The van der Waals surface area contributed by atoms with Crippen molar-refractivity contribution in [1.29, 1.82) is 0 Å². The van der Waals surface area contributed by atoms with Crippen LogP contribution in [-0.2, 0) is 31.4 Å². The SMILES string of the molecule is CCOC(=O)CC(=O)[C]1[CH][CH][CH][CH]1.[CH]1[CH][CH][CH][CH]1.[Fe+2]. The van der Waals surface area contributed by atoms with Crippen molar-refractivity contribution in [1.82, 2.24) is 0 Å². The number of ketones is 1. The quantitative estimate of drug-likeness (QED) is 0.453. The predicted molar refractivity (Wildman–Crippen MR) is 68.2 cm³/mol. The van der Waals surface area contributed by atoms with Gasteiger partial charge in [-0.15, -0.1) is 0 Å². The molecule has 0 aliphatic heterocycles. The largest absolute Gasteiger partial charge is 2.00 e. The Labute approximate surface area is 127 Å².